The Bertz CT molecular complexity index is 914. The first-order valence-electron chi connectivity index (χ1n) is 9.30. The number of benzene rings is 1. The van der Waals surface area contributed by atoms with Crippen LogP contribution >= 0.6 is 0 Å². The predicted molar refractivity (Wildman–Crippen MR) is 100 cm³/mol. The molecule has 2 aromatic rings. The summed E-state index contributed by atoms with van der Waals surface area (Å²) in [6.45, 7) is 2.86. The fourth-order valence-electron chi connectivity index (χ4n) is 4.35. The van der Waals surface area contributed by atoms with Crippen molar-refractivity contribution >= 4 is 17.5 Å². The molecule has 0 aliphatic carbocycles. The number of halogens is 1. The summed E-state index contributed by atoms with van der Waals surface area (Å²) in [5.41, 5.74) is 1.30. The molecule has 7 nitrogen and oxygen atoms in total. The molecule has 1 atom stereocenters. The van der Waals surface area contributed by atoms with Crippen molar-refractivity contribution in [3.05, 3.63) is 47.5 Å². The molecule has 8 heteroatoms. The fraction of sp³-hybridized carbons (Fsp3) is 0.450. The molecule has 1 spiro atoms. The minimum atomic E-state index is -0.579. The summed E-state index contributed by atoms with van der Waals surface area (Å²) in [6, 6.07) is 7.80. The summed E-state index contributed by atoms with van der Waals surface area (Å²) < 4.78 is 20.9. The van der Waals surface area contributed by atoms with Gasteiger partial charge in [0.2, 0.25) is 0 Å². The van der Waals surface area contributed by atoms with Gasteiger partial charge in [0, 0.05) is 38.6 Å². The number of nitrogens with zero attached hydrogens (tertiary/aromatic N) is 4. The Labute approximate surface area is 162 Å². The van der Waals surface area contributed by atoms with Crippen LogP contribution in [0.1, 0.15) is 29.0 Å². The molecule has 2 saturated heterocycles. The van der Waals surface area contributed by atoms with Crippen LogP contribution in [-0.2, 0) is 16.6 Å². The lowest BCUT2D eigenvalue weighted by molar-refractivity contribution is -0.150. The first-order valence-corrected chi connectivity index (χ1v) is 9.30. The molecule has 2 aliphatic heterocycles. The van der Waals surface area contributed by atoms with Gasteiger partial charge in [-0.2, -0.15) is 5.10 Å². The largest absolute Gasteiger partial charge is 0.369 e. The molecular weight excluding hydrogens is 363 g/mol. The van der Waals surface area contributed by atoms with E-state index in [-0.39, 0.29) is 17.6 Å². The van der Waals surface area contributed by atoms with Crippen LogP contribution in [0, 0.1) is 12.7 Å². The molecule has 1 unspecified atom stereocenters. The smallest absolute Gasteiger partial charge is 0.274 e. The van der Waals surface area contributed by atoms with E-state index in [2.05, 4.69) is 5.10 Å². The minimum absolute atomic E-state index is 0.115. The highest BCUT2D eigenvalue weighted by Crippen LogP contribution is 2.45. The van der Waals surface area contributed by atoms with E-state index < -0.39 is 11.6 Å². The number of methoxy groups -OCH3 is 1. The molecule has 2 aliphatic rings. The van der Waals surface area contributed by atoms with Crippen molar-refractivity contribution in [1.29, 1.82) is 0 Å². The number of carbonyl (C=O) groups is 2. The molecule has 1 aromatic carbocycles. The van der Waals surface area contributed by atoms with Gasteiger partial charge in [0.05, 0.1) is 5.54 Å². The minimum Gasteiger partial charge on any atom is -0.369 e. The Morgan fingerprint density at radius 1 is 1.29 bits per heavy atom. The van der Waals surface area contributed by atoms with Gasteiger partial charge in [0.1, 0.15) is 5.82 Å². The molecule has 2 amide bonds. The third-order valence-electron chi connectivity index (χ3n) is 5.93. The van der Waals surface area contributed by atoms with E-state index in [0.717, 1.165) is 5.69 Å². The number of aromatic nitrogens is 2. The standard InChI is InChI=1S/C20H23FN4O3/c1-13-11-16(22-23(13)2)18(26)24-9-7-20(8-10-24)17(28-3)19(27)25(20)15-6-4-5-14(21)12-15/h4-6,11-12,17H,7-10H2,1-3H3. The zero-order valence-corrected chi connectivity index (χ0v) is 16.2. The fourth-order valence-corrected chi connectivity index (χ4v) is 4.35. The third kappa shape index (κ3) is 2.71. The maximum atomic E-state index is 13.7. The van der Waals surface area contributed by atoms with Gasteiger partial charge in [0.15, 0.2) is 11.8 Å². The summed E-state index contributed by atoms with van der Waals surface area (Å²) in [6.07, 6.45) is 0.543. The number of hydrogen-bond donors (Lipinski definition) is 0. The lowest BCUT2D eigenvalue weighted by Gasteiger charge is -2.59. The zero-order valence-electron chi connectivity index (χ0n) is 16.2. The van der Waals surface area contributed by atoms with Gasteiger partial charge in [-0.1, -0.05) is 6.07 Å². The number of aryl methyl sites for hydroxylation is 2. The number of anilines is 1. The molecule has 0 N–H and O–H groups in total. The van der Waals surface area contributed by atoms with E-state index in [4.69, 9.17) is 4.74 Å². The lowest BCUT2D eigenvalue weighted by Crippen LogP contribution is -2.78. The second-order valence-electron chi connectivity index (χ2n) is 7.46. The summed E-state index contributed by atoms with van der Waals surface area (Å²) in [4.78, 5) is 28.8. The number of rotatable bonds is 3. The Morgan fingerprint density at radius 3 is 2.57 bits per heavy atom. The number of piperidine rings is 1. The normalized spacial score (nSPS) is 21.1. The molecule has 0 saturated carbocycles. The van der Waals surface area contributed by atoms with Crippen LogP contribution in [0.3, 0.4) is 0 Å². The number of carbonyl (C=O) groups excluding carboxylic acids is 2. The average Bonchev–Trinajstić information content (AvgIpc) is 3.01. The van der Waals surface area contributed by atoms with Gasteiger partial charge in [-0.25, -0.2) is 4.39 Å². The highest BCUT2D eigenvalue weighted by atomic mass is 19.1. The van der Waals surface area contributed by atoms with E-state index in [1.807, 2.05) is 6.92 Å². The quantitative estimate of drug-likeness (QED) is 0.756. The molecular formula is C20H23FN4O3. The van der Waals surface area contributed by atoms with Crippen LogP contribution < -0.4 is 4.90 Å². The van der Waals surface area contributed by atoms with E-state index in [1.165, 1.54) is 19.2 Å². The summed E-state index contributed by atoms with van der Waals surface area (Å²) in [5, 5.41) is 4.27. The van der Waals surface area contributed by atoms with Crippen LogP contribution in [-0.4, -0.2) is 58.3 Å². The van der Waals surface area contributed by atoms with Crippen molar-refractivity contribution < 1.29 is 18.7 Å². The van der Waals surface area contributed by atoms with Crippen molar-refractivity contribution in [2.45, 2.75) is 31.4 Å². The lowest BCUT2D eigenvalue weighted by atomic mass is 9.72. The number of amides is 2. The number of ether oxygens (including phenoxy) is 1. The maximum Gasteiger partial charge on any atom is 0.274 e. The van der Waals surface area contributed by atoms with Gasteiger partial charge in [-0.15, -0.1) is 0 Å². The average molecular weight is 386 g/mol. The molecule has 4 rings (SSSR count). The molecule has 0 bridgehead atoms. The van der Waals surface area contributed by atoms with Gasteiger partial charge in [-0.3, -0.25) is 14.3 Å². The van der Waals surface area contributed by atoms with Crippen molar-refractivity contribution in [2.75, 3.05) is 25.1 Å². The van der Waals surface area contributed by atoms with Crippen molar-refractivity contribution in [3.8, 4) is 0 Å². The van der Waals surface area contributed by atoms with Crippen LogP contribution in [0.25, 0.3) is 0 Å². The summed E-state index contributed by atoms with van der Waals surface area (Å²) >= 11 is 0. The van der Waals surface area contributed by atoms with Crippen LogP contribution in [0.15, 0.2) is 30.3 Å². The Hall–Kier alpha value is -2.74. The maximum absolute atomic E-state index is 13.7. The molecule has 0 radical (unpaired) electrons. The molecule has 2 fully saturated rings. The van der Waals surface area contributed by atoms with Crippen LogP contribution in [0.5, 0.6) is 0 Å². The zero-order chi connectivity index (χ0) is 20.1. The first-order chi connectivity index (χ1) is 13.4. The first kappa shape index (κ1) is 18.6. The molecule has 1 aromatic heterocycles. The molecule has 148 valence electrons. The van der Waals surface area contributed by atoms with Crippen LogP contribution in [0.2, 0.25) is 0 Å². The Balaban J connectivity index is 1.55. The Morgan fingerprint density at radius 2 is 2.00 bits per heavy atom. The highest BCUT2D eigenvalue weighted by Gasteiger charge is 2.62. The number of likely N-dealkylation sites (tertiary alicyclic amines) is 1. The number of β-lactam (4-membered cyclic amide) rings is 1. The van der Waals surface area contributed by atoms with Gasteiger partial charge in [0.25, 0.3) is 11.8 Å². The van der Waals surface area contributed by atoms with E-state index in [0.29, 0.717) is 37.3 Å². The summed E-state index contributed by atoms with van der Waals surface area (Å²) in [5.74, 6) is -0.678. The van der Waals surface area contributed by atoms with Gasteiger partial charge < -0.3 is 14.5 Å². The summed E-state index contributed by atoms with van der Waals surface area (Å²) in [7, 11) is 3.32. The highest BCUT2D eigenvalue weighted by molar-refractivity contribution is 6.07. The van der Waals surface area contributed by atoms with E-state index >= 15 is 0 Å². The van der Waals surface area contributed by atoms with Gasteiger partial charge in [-0.05, 0) is 44.0 Å². The third-order valence-corrected chi connectivity index (χ3v) is 5.93. The molecule has 3 heterocycles. The monoisotopic (exact) mass is 386 g/mol. The predicted octanol–water partition coefficient (Wildman–Crippen LogP) is 1.90. The number of hydrogen-bond acceptors (Lipinski definition) is 4. The van der Waals surface area contributed by atoms with Crippen molar-refractivity contribution in [3.63, 3.8) is 0 Å². The SMILES string of the molecule is COC1C(=O)N(c2cccc(F)c2)C12CCN(C(=O)c1cc(C)n(C)n1)CC2. The van der Waals surface area contributed by atoms with Crippen LogP contribution in [0.4, 0.5) is 10.1 Å². The van der Waals surface area contributed by atoms with E-state index in [1.54, 1.807) is 39.7 Å². The van der Waals surface area contributed by atoms with Crippen molar-refractivity contribution in [1.82, 2.24) is 14.7 Å². The topological polar surface area (TPSA) is 67.7 Å². The van der Waals surface area contributed by atoms with E-state index in [9.17, 15) is 14.0 Å². The van der Waals surface area contributed by atoms with Gasteiger partial charge >= 0.3 is 0 Å². The second-order valence-corrected chi connectivity index (χ2v) is 7.46. The van der Waals surface area contributed by atoms with Crippen molar-refractivity contribution in [2.24, 2.45) is 7.05 Å². The Kier molecular flexibility index (Phi) is 4.45. The molecule has 28 heavy (non-hydrogen) atoms. The second kappa shape index (κ2) is 6.70.